The molecule has 1 heterocycles. The molecular formula is C13H14FN3. The van der Waals surface area contributed by atoms with Crippen LogP contribution < -0.4 is 5.73 Å². The van der Waals surface area contributed by atoms with Gasteiger partial charge in [0, 0.05) is 11.1 Å². The first kappa shape index (κ1) is 11.5. The van der Waals surface area contributed by atoms with Crippen molar-refractivity contribution in [2.75, 3.05) is 6.54 Å². The molecule has 0 aliphatic heterocycles. The Morgan fingerprint density at radius 1 is 1.35 bits per heavy atom. The molecule has 0 bridgehead atoms. The largest absolute Gasteiger partial charge is 0.330 e. The van der Waals surface area contributed by atoms with Crippen LogP contribution in [0.2, 0.25) is 0 Å². The Labute approximate surface area is 99.2 Å². The van der Waals surface area contributed by atoms with Gasteiger partial charge >= 0.3 is 0 Å². The van der Waals surface area contributed by atoms with Gasteiger partial charge in [0.2, 0.25) is 0 Å². The second kappa shape index (κ2) is 4.93. The van der Waals surface area contributed by atoms with Gasteiger partial charge in [-0.2, -0.15) is 5.10 Å². The maximum Gasteiger partial charge on any atom is 0.123 e. The molecular weight excluding hydrogens is 217 g/mol. The standard InChI is InChI=1S/C13H14FN3/c1-9(6-7-15)12-8-16-17-13(12)10-2-4-11(14)5-3-10/h2-5,8H,1,6-7,15H2,(H,16,17). The predicted octanol–water partition coefficient (Wildman–Crippen LogP) is 2.58. The van der Waals surface area contributed by atoms with E-state index < -0.39 is 0 Å². The van der Waals surface area contributed by atoms with Crippen LogP contribution in [0, 0.1) is 5.82 Å². The van der Waals surface area contributed by atoms with Crippen LogP contribution >= 0.6 is 0 Å². The Morgan fingerprint density at radius 2 is 2.06 bits per heavy atom. The highest BCUT2D eigenvalue weighted by atomic mass is 19.1. The number of H-pyrrole nitrogens is 1. The van der Waals surface area contributed by atoms with E-state index in [0.29, 0.717) is 13.0 Å². The van der Waals surface area contributed by atoms with Crippen molar-refractivity contribution in [3.05, 3.63) is 48.4 Å². The van der Waals surface area contributed by atoms with Gasteiger partial charge in [-0.1, -0.05) is 6.58 Å². The molecule has 0 aliphatic rings. The summed E-state index contributed by atoms with van der Waals surface area (Å²) in [5.41, 5.74) is 9.10. The van der Waals surface area contributed by atoms with Crippen molar-refractivity contribution in [2.45, 2.75) is 6.42 Å². The number of aromatic nitrogens is 2. The van der Waals surface area contributed by atoms with E-state index in [-0.39, 0.29) is 5.82 Å². The fraction of sp³-hybridized carbons (Fsp3) is 0.154. The van der Waals surface area contributed by atoms with Gasteiger partial charge in [0.25, 0.3) is 0 Å². The molecule has 0 aliphatic carbocycles. The molecule has 88 valence electrons. The summed E-state index contributed by atoms with van der Waals surface area (Å²) < 4.78 is 12.8. The number of halogens is 1. The summed E-state index contributed by atoms with van der Waals surface area (Å²) >= 11 is 0. The molecule has 0 fully saturated rings. The number of nitrogens with two attached hydrogens (primary N) is 1. The summed E-state index contributed by atoms with van der Waals surface area (Å²) in [6, 6.07) is 6.27. The lowest BCUT2D eigenvalue weighted by atomic mass is 10.0. The van der Waals surface area contributed by atoms with Crippen molar-refractivity contribution in [2.24, 2.45) is 5.73 Å². The van der Waals surface area contributed by atoms with E-state index in [2.05, 4.69) is 16.8 Å². The van der Waals surface area contributed by atoms with Gasteiger partial charge < -0.3 is 5.73 Å². The molecule has 3 N–H and O–H groups in total. The highest BCUT2D eigenvalue weighted by Gasteiger charge is 2.10. The Bertz CT molecular complexity index is 514. The average Bonchev–Trinajstić information content (AvgIpc) is 2.79. The zero-order valence-electron chi connectivity index (χ0n) is 9.41. The van der Waals surface area contributed by atoms with Crippen LogP contribution in [0.25, 0.3) is 16.8 Å². The normalized spacial score (nSPS) is 10.5. The van der Waals surface area contributed by atoms with Crippen LogP contribution in [0.5, 0.6) is 0 Å². The smallest absolute Gasteiger partial charge is 0.123 e. The van der Waals surface area contributed by atoms with E-state index >= 15 is 0 Å². The third kappa shape index (κ3) is 2.42. The van der Waals surface area contributed by atoms with Crippen LogP contribution in [-0.4, -0.2) is 16.7 Å². The Morgan fingerprint density at radius 3 is 2.71 bits per heavy atom. The Balaban J connectivity index is 2.36. The molecule has 0 unspecified atom stereocenters. The summed E-state index contributed by atoms with van der Waals surface area (Å²) in [7, 11) is 0. The van der Waals surface area contributed by atoms with Gasteiger partial charge in [-0.3, -0.25) is 5.10 Å². The first-order valence-corrected chi connectivity index (χ1v) is 5.40. The molecule has 2 aromatic rings. The van der Waals surface area contributed by atoms with Crippen molar-refractivity contribution < 1.29 is 4.39 Å². The van der Waals surface area contributed by atoms with Crippen molar-refractivity contribution in [1.29, 1.82) is 0 Å². The summed E-state index contributed by atoms with van der Waals surface area (Å²) in [5.74, 6) is -0.254. The Kier molecular flexibility index (Phi) is 3.35. The van der Waals surface area contributed by atoms with Gasteiger partial charge in [-0.15, -0.1) is 0 Å². The number of hydrogen-bond donors (Lipinski definition) is 2. The summed E-state index contributed by atoms with van der Waals surface area (Å²) in [5, 5.41) is 6.91. The fourth-order valence-corrected chi connectivity index (χ4v) is 1.70. The van der Waals surface area contributed by atoms with Crippen LogP contribution in [0.3, 0.4) is 0 Å². The molecule has 4 heteroatoms. The topological polar surface area (TPSA) is 54.7 Å². The van der Waals surface area contributed by atoms with Crippen LogP contribution in [0.4, 0.5) is 4.39 Å². The highest BCUT2D eigenvalue weighted by molar-refractivity contribution is 5.77. The third-order valence-corrected chi connectivity index (χ3v) is 2.60. The fourth-order valence-electron chi connectivity index (χ4n) is 1.70. The summed E-state index contributed by atoms with van der Waals surface area (Å²) in [6.45, 7) is 4.53. The molecule has 0 radical (unpaired) electrons. The molecule has 0 spiro atoms. The molecule has 1 aromatic carbocycles. The molecule has 0 saturated heterocycles. The molecule has 0 saturated carbocycles. The lowest BCUT2D eigenvalue weighted by Crippen LogP contribution is -1.99. The number of hydrogen-bond acceptors (Lipinski definition) is 2. The molecule has 2 rings (SSSR count). The average molecular weight is 231 g/mol. The van der Waals surface area contributed by atoms with Crippen molar-refractivity contribution in [3.8, 4) is 11.3 Å². The molecule has 0 atom stereocenters. The second-order valence-corrected chi connectivity index (χ2v) is 3.81. The van der Waals surface area contributed by atoms with Crippen LogP contribution in [0.15, 0.2) is 37.0 Å². The lowest BCUT2D eigenvalue weighted by Gasteiger charge is -2.05. The zero-order chi connectivity index (χ0) is 12.3. The van der Waals surface area contributed by atoms with Crippen LogP contribution in [-0.2, 0) is 0 Å². The van der Waals surface area contributed by atoms with Crippen molar-refractivity contribution >= 4 is 5.57 Å². The van der Waals surface area contributed by atoms with Gasteiger partial charge in [0.05, 0.1) is 11.9 Å². The minimum atomic E-state index is -0.254. The quantitative estimate of drug-likeness (QED) is 0.849. The van der Waals surface area contributed by atoms with Crippen molar-refractivity contribution in [1.82, 2.24) is 10.2 Å². The molecule has 1 aromatic heterocycles. The lowest BCUT2D eigenvalue weighted by molar-refractivity contribution is 0.628. The molecule has 3 nitrogen and oxygen atoms in total. The first-order valence-electron chi connectivity index (χ1n) is 5.40. The monoisotopic (exact) mass is 231 g/mol. The number of benzene rings is 1. The van der Waals surface area contributed by atoms with Gasteiger partial charge in [0.15, 0.2) is 0 Å². The number of nitrogens with zero attached hydrogens (tertiary/aromatic N) is 1. The minimum Gasteiger partial charge on any atom is -0.330 e. The number of nitrogens with one attached hydrogen (secondary N) is 1. The molecule has 17 heavy (non-hydrogen) atoms. The zero-order valence-corrected chi connectivity index (χ0v) is 9.41. The number of rotatable bonds is 4. The summed E-state index contributed by atoms with van der Waals surface area (Å²) in [4.78, 5) is 0. The number of aromatic amines is 1. The summed E-state index contributed by atoms with van der Waals surface area (Å²) in [6.07, 6.45) is 2.43. The highest BCUT2D eigenvalue weighted by Crippen LogP contribution is 2.27. The van der Waals surface area contributed by atoms with E-state index in [1.54, 1.807) is 18.3 Å². The van der Waals surface area contributed by atoms with Crippen LogP contribution in [0.1, 0.15) is 12.0 Å². The Hall–Kier alpha value is -1.94. The van der Waals surface area contributed by atoms with E-state index in [0.717, 1.165) is 22.4 Å². The first-order chi connectivity index (χ1) is 8.22. The predicted molar refractivity (Wildman–Crippen MR) is 66.7 cm³/mol. The third-order valence-electron chi connectivity index (χ3n) is 2.60. The van der Waals surface area contributed by atoms with E-state index in [1.807, 2.05) is 0 Å². The maximum absolute atomic E-state index is 12.8. The van der Waals surface area contributed by atoms with Crippen molar-refractivity contribution in [3.63, 3.8) is 0 Å². The van der Waals surface area contributed by atoms with Gasteiger partial charge in [-0.05, 0) is 42.8 Å². The van der Waals surface area contributed by atoms with Gasteiger partial charge in [-0.25, -0.2) is 4.39 Å². The molecule has 0 amide bonds. The minimum absolute atomic E-state index is 0.254. The van der Waals surface area contributed by atoms with E-state index in [1.165, 1.54) is 12.1 Å². The SMILES string of the molecule is C=C(CCN)c1cn[nH]c1-c1ccc(F)cc1. The maximum atomic E-state index is 12.8. The van der Waals surface area contributed by atoms with E-state index in [9.17, 15) is 4.39 Å². The van der Waals surface area contributed by atoms with Gasteiger partial charge in [0.1, 0.15) is 5.82 Å². The second-order valence-electron chi connectivity index (χ2n) is 3.81. The van der Waals surface area contributed by atoms with E-state index in [4.69, 9.17) is 5.73 Å².